The number of hydrogen-bond donors (Lipinski definition) is 1. The van der Waals surface area contributed by atoms with Crippen LogP contribution in [0.15, 0.2) is 30.5 Å². The number of pyridine rings is 1. The van der Waals surface area contributed by atoms with Gasteiger partial charge in [-0.25, -0.2) is 0 Å². The predicted octanol–water partition coefficient (Wildman–Crippen LogP) is 3.48. The molecule has 3 rings (SSSR count). The second-order valence-electron chi connectivity index (χ2n) is 5.79. The van der Waals surface area contributed by atoms with Crippen LogP contribution in [-0.2, 0) is 6.42 Å². The van der Waals surface area contributed by atoms with Crippen LogP contribution in [0.1, 0.15) is 30.4 Å². The molecule has 1 aromatic carbocycles. The second-order valence-corrected chi connectivity index (χ2v) is 5.79. The van der Waals surface area contributed by atoms with Gasteiger partial charge in [-0.15, -0.1) is 0 Å². The van der Waals surface area contributed by atoms with Crippen LogP contribution in [0.5, 0.6) is 0 Å². The van der Waals surface area contributed by atoms with Gasteiger partial charge in [0.1, 0.15) is 0 Å². The standard InChI is InChI=1S/C17H22N2/c1-13-9-16-10-14(6-7-17(16)19-11-13)4-5-15-3-2-8-18-12-15/h6-7,9-11,15,18H,2-5,8,12H2,1H3. The van der Waals surface area contributed by atoms with Gasteiger partial charge < -0.3 is 5.32 Å². The summed E-state index contributed by atoms with van der Waals surface area (Å²) in [6.07, 6.45) is 7.16. The maximum absolute atomic E-state index is 4.46. The summed E-state index contributed by atoms with van der Waals surface area (Å²) in [5, 5.41) is 4.78. The Kier molecular flexibility index (Phi) is 3.79. The number of fused-ring (bicyclic) bond motifs is 1. The maximum Gasteiger partial charge on any atom is 0.0702 e. The molecule has 1 saturated heterocycles. The van der Waals surface area contributed by atoms with Crippen LogP contribution in [0.4, 0.5) is 0 Å². The molecule has 0 aliphatic carbocycles. The topological polar surface area (TPSA) is 24.9 Å². The highest BCUT2D eigenvalue weighted by Gasteiger charge is 2.12. The molecule has 0 saturated carbocycles. The Morgan fingerprint density at radius 1 is 1.32 bits per heavy atom. The molecule has 1 aromatic heterocycles. The number of aryl methyl sites for hydroxylation is 2. The monoisotopic (exact) mass is 254 g/mol. The molecule has 0 spiro atoms. The Morgan fingerprint density at radius 3 is 3.11 bits per heavy atom. The third-order valence-corrected chi connectivity index (χ3v) is 4.12. The number of piperidine rings is 1. The molecule has 1 N–H and O–H groups in total. The van der Waals surface area contributed by atoms with Crippen molar-refractivity contribution in [2.24, 2.45) is 5.92 Å². The van der Waals surface area contributed by atoms with Crippen LogP contribution in [0.2, 0.25) is 0 Å². The molecular formula is C17H22N2. The van der Waals surface area contributed by atoms with Crippen molar-refractivity contribution >= 4 is 10.9 Å². The Labute approximate surface area is 115 Å². The summed E-state index contributed by atoms with van der Waals surface area (Å²) in [6.45, 7) is 4.51. The van der Waals surface area contributed by atoms with Gasteiger partial charge in [-0.1, -0.05) is 6.07 Å². The highest BCUT2D eigenvalue weighted by atomic mass is 14.9. The first-order valence-electron chi connectivity index (χ1n) is 7.37. The van der Waals surface area contributed by atoms with Gasteiger partial charge in [-0.2, -0.15) is 0 Å². The summed E-state index contributed by atoms with van der Waals surface area (Å²) in [7, 11) is 0. The minimum Gasteiger partial charge on any atom is -0.316 e. The summed E-state index contributed by atoms with van der Waals surface area (Å²) in [5.41, 5.74) is 3.79. The Balaban J connectivity index is 1.70. The Hall–Kier alpha value is -1.41. The fourth-order valence-corrected chi connectivity index (χ4v) is 2.99. The average Bonchev–Trinajstić information content (AvgIpc) is 2.46. The molecule has 0 amide bonds. The molecule has 2 heterocycles. The maximum atomic E-state index is 4.46. The van der Waals surface area contributed by atoms with Crippen molar-refractivity contribution in [1.29, 1.82) is 0 Å². The van der Waals surface area contributed by atoms with Gasteiger partial charge >= 0.3 is 0 Å². The third-order valence-electron chi connectivity index (χ3n) is 4.12. The number of nitrogens with zero attached hydrogens (tertiary/aromatic N) is 1. The molecule has 19 heavy (non-hydrogen) atoms. The van der Waals surface area contributed by atoms with E-state index in [0.717, 1.165) is 11.4 Å². The van der Waals surface area contributed by atoms with Crippen LogP contribution in [0.3, 0.4) is 0 Å². The zero-order chi connectivity index (χ0) is 13.1. The van der Waals surface area contributed by atoms with Gasteiger partial charge in [0.2, 0.25) is 0 Å². The van der Waals surface area contributed by atoms with Crippen molar-refractivity contribution in [2.75, 3.05) is 13.1 Å². The number of aromatic nitrogens is 1. The van der Waals surface area contributed by atoms with Crippen molar-refractivity contribution in [3.05, 3.63) is 41.6 Å². The smallest absolute Gasteiger partial charge is 0.0702 e. The normalized spacial score (nSPS) is 19.7. The molecule has 0 radical (unpaired) electrons. The molecule has 1 aliphatic heterocycles. The zero-order valence-electron chi connectivity index (χ0n) is 11.7. The number of benzene rings is 1. The quantitative estimate of drug-likeness (QED) is 0.907. The lowest BCUT2D eigenvalue weighted by Gasteiger charge is -2.22. The molecule has 100 valence electrons. The molecule has 1 atom stereocenters. The highest BCUT2D eigenvalue weighted by molar-refractivity contribution is 5.79. The lowest BCUT2D eigenvalue weighted by Crippen LogP contribution is -2.29. The average molecular weight is 254 g/mol. The van der Waals surface area contributed by atoms with Gasteiger partial charge in [-0.05, 0) is 80.9 Å². The summed E-state index contributed by atoms with van der Waals surface area (Å²) in [4.78, 5) is 4.46. The predicted molar refractivity (Wildman–Crippen MR) is 80.4 cm³/mol. The molecule has 2 aromatic rings. The first-order chi connectivity index (χ1) is 9.31. The molecule has 1 unspecified atom stereocenters. The van der Waals surface area contributed by atoms with E-state index in [1.54, 1.807) is 0 Å². The second kappa shape index (κ2) is 5.70. The fraction of sp³-hybridized carbons (Fsp3) is 0.471. The SMILES string of the molecule is Cc1cnc2ccc(CCC3CCCNC3)cc2c1. The summed E-state index contributed by atoms with van der Waals surface area (Å²) < 4.78 is 0. The number of rotatable bonds is 3. The van der Waals surface area contributed by atoms with E-state index in [2.05, 4.69) is 41.5 Å². The molecular weight excluding hydrogens is 232 g/mol. The van der Waals surface area contributed by atoms with E-state index >= 15 is 0 Å². The lowest BCUT2D eigenvalue weighted by molar-refractivity contribution is 0.358. The number of hydrogen-bond acceptors (Lipinski definition) is 2. The third kappa shape index (κ3) is 3.13. The molecule has 0 bridgehead atoms. The highest BCUT2D eigenvalue weighted by Crippen LogP contribution is 2.20. The van der Waals surface area contributed by atoms with E-state index in [9.17, 15) is 0 Å². The minimum atomic E-state index is 0.861. The van der Waals surface area contributed by atoms with Gasteiger partial charge in [0, 0.05) is 11.6 Å². The fourth-order valence-electron chi connectivity index (χ4n) is 2.99. The molecule has 1 aliphatic rings. The van der Waals surface area contributed by atoms with E-state index in [4.69, 9.17) is 0 Å². The molecule has 2 heteroatoms. The summed E-state index contributed by atoms with van der Waals surface area (Å²) in [5.74, 6) is 0.861. The van der Waals surface area contributed by atoms with E-state index in [-0.39, 0.29) is 0 Å². The summed E-state index contributed by atoms with van der Waals surface area (Å²) >= 11 is 0. The first kappa shape index (κ1) is 12.6. The van der Waals surface area contributed by atoms with Crippen molar-refractivity contribution in [3.63, 3.8) is 0 Å². The van der Waals surface area contributed by atoms with E-state index in [1.165, 1.54) is 55.3 Å². The largest absolute Gasteiger partial charge is 0.316 e. The lowest BCUT2D eigenvalue weighted by atomic mass is 9.92. The van der Waals surface area contributed by atoms with Crippen LogP contribution in [0, 0.1) is 12.8 Å². The van der Waals surface area contributed by atoms with Gasteiger partial charge in [0.05, 0.1) is 5.52 Å². The van der Waals surface area contributed by atoms with E-state index < -0.39 is 0 Å². The molecule has 1 fully saturated rings. The van der Waals surface area contributed by atoms with Crippen LogP contribution >= 0.6 is 0 Å². The Morgan fingerprint density at radius 2 is 2.26 bits per heavy atom. The van der Waals surface area contributed by atoms with Crippen LogP contribution in [-0.4, -0.2) is 18.1 Å². The van der Waals surface area contributed by atoms with E-state index in [1.807, 2.05) is 6.20 Å². The first-order valence-corrected chi connectivity index (χ1v) is 7.37. The van der Waals surface area contributed by atoms with Crippen molar-refractivity contribution < 1.29 is 0 Å². The van der Waals surface area contributed by atoms with E-state index in [0.29, 0.717) is 0 Å². The van der Waals surface area contributed by atoms with Crippen molar-refractivity contribution in [1.82, 2.24) is 10.3 Å². The van der Waals surface area contributed by atoms with Gasteiger partial charge in [0.15, 0.2) is 0 Å². The van der Waals surface area contributed by atoms with Crippen molar-refractivity contribution in [2.45, 2.75) is 32.6 Å². The van der Waals surface area contributed by atoms with Gasteiger partial charge in [-0.3, -0.25) is 4.98 Å². The van der Waals surface area contributed by atoms with Crippen molar-refractivity contribution in [3.8, 4) is 0 Å². The van der Waals surface area contributed by atoms with Crippen LogP contribution < -0.4 is 5.32 Å². The zero-order valence-corrected chi connectivity index (χ0v) is 11.7. The number of nitrogens with one attached hydrogen (secondary N) is 1. The summed E-state index contributed by atoms with van der Waals surface area (Å²) in [6, 6.07) is 8.93. The Bertz CT molecular complexity index is 556. The van der Waals surface area contributed by atoms with Crippen LogP contribution in [0.25, 0.3) is 10.9 Å². The van der Waals surface area contributed by atoms with Gasteiger partial charge in [0.25, 0.3) is 0 Å². The molecule has 2 nitrogen and oxygen atoms in total. The minimum absolute atomic E-state index is 0.861.